The van der Waals surface area contributed by atoms with Crippen LogP contribution in [0.4, 0.5) is 25.0 Å². The third kappa shape index (κ3) is 8.82. The van der Waals surface area contributed by atoms with Gasteiger partial charge in [0.25, 0.3) is 0 Å². The number of allylic oxidation sites excluding steroid dienone is 1. The minimum Gasteiger partial charge on any atom is -0.481 e. The van der Waals surface area contributed by atoms with E-state index in [0.29, 0.717) is 18.7 Å². The molecular weight excluding hydrogens is 420 g/mol. The molecule has 0 fully saturated rings. The fourth-order valence-electron chi connectivity index (χ4n) is 3.46. The predicted octanol–water partition coefficient (Wildman–Crippen LogP) is 5.10. The van der Waals surface area contributed by atoms with Gasteiger partial charge < -0.3 is 25.4 Å². The molecule has 0 saturated heterocycles. The van der Waals surface area contributed by atoms with Gasteiger partial charge in [0.2, 0.25) is 0 Å². The summed E-state index contributed by atoms with van der Waals surface area (Å²) in [4.78, 5) is 25.6. The van der Waals surface area contributed by atoms with E-state index in [2.05, 4.69) is 10.6 Å². The molecule has 180 valence electrons. The van der Waals surface area contributed by atoms with Gasteiger partial charge in [0, 0.05) is 31.8 Å². The van der Waals surface area contributed by atoms with Crippen LogP contribution in [0.5, 0.6) is 0 Å². The number of nitrogens with zero attached hydrogens (tertiary/aromatic N) is 1. The predicted molar refractivity (Wildman–Crippen MR) is 122 cm³/mol. The SMILES string of the molecule is COCC(CC(=O)O)c1cc(F)c(N(CC(C)C)CC(C)C)c(NC(=O)N/C(C)=C/F)c1. The molecule has 2 amide bonds. The number of ether oxygens (including phenoxy) is 1. The third-order valence-electron chi connectivity index (χ3n) is 4.56. The van der Waals surface area contributed by atoms with E-state index in [4.69, 9.17) is 4.74 Å². The minimum absolute atomic E-state index is 0.00923. The van der Waals surface area contributed by atoms with Gasteiger partial charge in [-0.15, -0.1) is 0 Å². The molecule has 1 aromatic carbocycles. The normalized spacial score (nSPS) is 12.8. The lowest BCUT2D eigenvalue weighted by atomic mass is 9.94. The second kappa shape index (κ2) is 13.0. The van der Waals surface area contributed by atoms with Gasteiger partial charge >= 0.3 is 12.0 Å². The highest BCUT2D eigenvalue weighted by molar-refractivity contribution is 5.94. The van der Waals surface area contributed by atoms with Gasteiger partial charge in [-0.2, -0.15) is 0 Å². The summed E-state index contributed by atoms with van der Waals surface area (Å²) in [6, 6.07) is 2.13. The number of hydrogen-bond acceptors (Lipinski definition) is 4. The average Bonchev–Trinajstić information content (AvgIpc) is 2.65. The Labute approximate surface area is 188 Å². The Morgan fingerprint density at radius 2 is 1.78 bits per heavy atom. The van der Waals surface area contributed by atoms with Crippen molar-refractivity contribution in [3.63, 3.8) is 0 Å². The maximum absolute atomic E-state index is 15.5. The van der Waals surface area contributed by atoms with Crippen molar-refractivity contribution in [2.45, 2.75) is 47.0 Å². The summed E-state index contributed by atoms with van der Waals surface area (Å²) in [5.41, 5.74) is 0.763. The third-order valence-corrected chi connectivity index (χ3v) is 4.56. The van der Waals surface area contributed by atoms with E-state index in [1.165, 1.54) is 20.1 Å². The van der Waals surface area contributed by atoms with Gasteiger partial charge in [-0.1, -0.05) is 27.7 Å². The van der Waals surface area contributed by atoms with Crippen molar-refractivity contribution >= 4 is 23.4 Å². The first-order valence-corrected chi connectivity index (χ1v) is 10.6. The van der Waals surface area contributed by atoms with Crippen LogP contribution in [0, 0.1) is 17.7 Å². The highest BCUT2D eigenvalue weighted by Gasteiger charge is 2.24. The molecule has 0 aliphatic rings. The smallest absolute Gasteiger partial charge is 0.323 e. The fraction of sp³-hybridized carbons (Fsp3) is 0.565. The molecular formula is C23H35F2N3O4. The Morgan fingerprint density at radius 3 is 2.25 bits per heavy atom. The van der Waals surface area contributed by atoms with Crippen molar-refractivity contribution in [3.8, 4) is 0 Å². The molecule has 0 spiro atoms. The maximum Gasteiger partial charge on any atom is 0.323 e. The maximum atomic E-state index is 15.5. The van der Waals surface area contributed by atoms with Crippen molar-refractivity contribution in [3.05, 3.63) is 35.5 Å². The number of carboxylic acids is 1. The fourth-order valence-corrected chi connectivity index (χ4v) is 3.46. The van der Waals surface area contributed by atoms with Crippen LogP contribution < -0.4 is 15.5 Å². The van der Waals surface area contributed by atoms with E-state index in [-0.39, 0.29) is 48.3 Å². The van der Waals surface area contributed by atoms with Crippen LogP contribution in [0.2, 0.25) is 0 Å². The first kappa shape index (κ1) is 27.4. The zero-order valence-corrected chi connectivity index (χ0v) is 19.7. The topological polar surface area (TPSA) is 90.9 Å². The van der Waals surface area contributed by atoms with E-state index in [1.807, 2.05) is 32.6 Å². The molecule has 0 aliphatic heterocycles. The number of halogens is 2. The van der Waals surface area contributed by atoms with Crippen molar-refractivity contribution < 1.29 is 28.2 Å². The monoisotopic (exact) mass is 455 g/mol. The summed E-state index contributed by atoms with van der Waals surface area (Å²) >= 11 is 0. The standard InChI is InChI=1S/C23H35F2N3O4/c1-14(2)11-28(12-15(3)4)22-19(25)7-17(18(13-32-6)9-21(29)30)8-20(22)27-23(31)26-16(5)10-24/h7-8,10,14-15,18H,9,11-13H2,1-6H3,(H,29,30)(H2,26,27,31)/b16-10+. The molecule has 0 heterocycles. The second-order valence-electron chi connectivity index (χ2n) is 8.71. The Kier molecular flexibility index (Phi) is 11.1. The number of carbonyl (C=O) groups excluding carboxylic acids is 1. The quantitative estimate of drug-likeness (QED) is 0.408. The summed E-state index contributed by atoms with van der Waals surface area (Å²) in [7, 11) is 1.44. The molecule has 0 saturated carbocycles. The van der Waals surface area contributed by atoms with Crippen LogP contribution in [0.25, 0.3) is 0 Å². The number of methoxy groups -OCH3 is 1. The van der Waals surface area contributed by atoms with Gasteiger partial charge in [0.15, 0.2) is 0 Å². The number of rotatable bonds is 12. The summed E-state index contributed by atoms with van der Waals surface area (Å²) in [5.74, 6) is -1.79. The Morgan fingerprint density at radius 1 is 1.19 bits per heavy atom. The number of carboxylic acid groups (broad SMARTS) is 1. The van der Waals surface area contributed by atoms with E-state index in [9.17, 15) is 19.1 Å². The summed E-state index contributed by atoms with van der Waals surface area (Å²) in [6.07, 6.45) is -0.00747. The van der Waals surface area contributed by atoms with Gasteiger partial charge in [-0.05, 0) is 36.5 Å². The number of benzene rings is 1. The number of urea groups is 1. The lowest BCUT2D eigenvalue weighted by Crippen LogP contribution is -2.34. The largest absolute Gasteiger partial charge is 0.481 e. The van der Waals surface area contributed by atoms with Crippen LogP contribution in [-0.2, 0) is 9.53 Å². The minimum atomic E-state index is -1.05. The van der Waals surface area contributed by atoms with Gasteiger partial charge in [0.05, 0.1) is 24.4 Å². The van der Waals surface area contributed by atoms with Crippen LogP contribution in [-0.4, -0.2) is 43.9 Å². The van der Waals surface area contributed by atoms with Crippen LogP contribution in [0.15, 0.2) is 24.2 Å². The molecule has 0 aromatic heterocycles. The first-order chi connectivity index (χ1) is 15.0. The lowest BCUT2D eigenvalue weighted by molar-refractivity contribution is -0.137. The number of anilines is 2. The highest BCUT2D eigenvalue weighted by Crippen LogP contribution is 2.35. The van der Waals surface area contributed by atoms with E-state index in [1.54, 1.807) is 6.07 Å². The molecule has 9 heteroatoms. The van der Waals surface area contributed by atoms with E-state index >= 15 is 4.39 Å². The van der Waals surface area contributed by atoms with Crippen molar-refractivity contribution in [2.75, 3.05) is 37.0 Å². The van der Waals surface area contributed by atoms with Crippen LogP contribution in [0.1, 0.15) is 52.5 Å². The molecule has 1 aromatic rings. The molecule has 1 unspecified atom stereocenters. The summed E-state index contributed by atoms with van der Waals surface area (Å²) in [6.45, 7) is 10.6. The van der Waals surface area contributed by atoms with Crippen molar-refractivity contribution in [1.29, 1.82) is 0 Å². The van der Waals surface area contributed by atoms with Gasteiger partial charge in [-0.3, -0.25) is 4.79 Å². The van der Waals surface area contributed by atoms with Crippen molar-refractivity contribution in [1.82, 2.24) is 5.32 Å². The van der Waals surface area contributed by atoms with Crippen molar-refractivity contribution in [2.24, 2.45) is 11.8 Å². The summed E-state index contributed by atoms with van der Waals surface area (Å²) in [5, 5.41) is 14.2. The van der Waals surface area contributed by atoms with Crippen LogP contribution in [0.3, 0.4) is 0 Å². The lowest BCUT2D eigenvalue weighted by Gasteiger charge is -2.31. The molecule has 7 nitrogen and oxygen atoms in total. The number of aliphatic carboxylic acids is 1. The second-order valence-corrected chi connectivity index (χ2v) is 8.71. The number of nitrogens with one attached hydrogen (secondary N) is 2. The zero-order chi connectivity index (χ0) is 24.4. The summed E-state index contributed by atoms with van der Waals surface area (Å²) < 4.78 is 33.3. The first-order valence-electron chi connectivity index (χ1n) is 10.6. The molecule has 0 radical (unpaired) electrons. The van der Waals surface area contributed by atoms with Crippen LogP contribution >= 0.6 is 0 Å². The average molecular weight is 456 g/mol. The molecule has 3 N–H and O–H groups in total. The van der Waals surface area contributed by atoms with Gasteiger partial charge in [0.1, 0.15) is 12.1 Å². The van der Waals surface area contributed by atoms with E-state index < -0.39 is 23.7 Å². The molecule has 1 rings (SSSR count). The van der Waals surface area contributed by atoms with E-state index in [0.717, 1.165) is 0 Å². The molecule has 32 heavy (non-hydrogen) atoms. The number of carbonyl (C=O) groups is 2. The number of amides is 2. The number of hydrogen-bond donors (Lipinski definition) is 3. The molecule has 0 aliphatic carbocycles. The zero-order valence-electron chi connectivity index (χ0n) is 19.7. The Balaban J connectivity index is 3.56. The highest BCUT2D eigenvalue weighted by atomic mass is 19.1. The Hall–Kier alpha value is -2.68. The van der Waals surface area contributed by atoms with Gasteiger partial charge in [-0.25, -0.2) is 13.6 Å². The molecule has 0 bridgehead atoms. The molecule has 1 atom stereocenters. The Bertz CT molecular complexity index is 803.